The summed E-state index contributed by atoms with van der Waals surface area (Å²) in [5.74, 6) is 1.25. The molecular weight excluding hydrogens is 264 g/mol. The van der Waals surface area contributed by atoms with Crippen LogP contribution < -0.4 is 10.1 Å². The minimum atomic E-state index is 0.173. The van der Waals surface area contributed by atoms with Gasteiger partial charge in [0.2, 0.25) is 5.91 Å². The SMILES string of the molecule is C=CCOc1ccc(CN(C)C(=O)C2CCNCC2)cc1. The number of rotatable bonds is 6. The van der Waals surface area contributed by atoms with Crippen molar-refractivity contribution in [2.45, 2.75) is 19.4 Å². The van der Waals surface area contributed by atoms with E-state index in [-0.39, 0.29) is 11.8 Å². The molecule has 2 rings (SSSR count). The molecule has 0 aliphatic carbocycles. The fraction of sp³-hybridized carbons (Fsp3) is 0.471. The van der Waals surface area contributed by atoms with Crippen LogP contribution in [0.4, 0.5) is 0 Å². The lowest BCUT2D eigenvalue weighted by molar-refractivity contribution is -0.135. The van der Waals surface area contributed by atoms with E-state index < -0.39 is 0 Å². The molecule has 0 saturated carbocycles. The lowest BCUT2D eigenvalue weighted by Gasteiger charge is -2.27. The largest absolute Gasteiger partial charge is 0.490 e. The van der Waals surface area contributed by atoms with Gasteiger partial charge in [-0.25, -0.2) is 0 Å². The van der Waals surface area contributed by atoms with Gasteiger partial charge >= 0.3 is 0 Å². The highest BCUT2D eigenvalue weighted by atomic mass is 16.5. The summed E-state index contributed by atoms with van der Waals surface area (Å²) >= 11 is 0. The summed E-state index contributed by atoms with van der Waals surface area (Å²) in [5.41, 5.74) is 1.12. The van der Waals surface area contributed by atoms with E-state index in [1.807, 2.05) is 36.2 Å². The molecule has 0 unspecified atom stereocenters. The Morgan fingerprint density at radius 3 is 2.67 bits per heavy atom. The summed E-state index contributed by atoms with van der Waals surface area (Å²) in [6, 6.07) is 7.87. The zero-order valence-corrected chi connectivity index (χ0v) is 12.7. The Kier molecular flexibility index (Phi) is 5.81. The molecule has 1 aromatic carbocycles. The fourth-order valence-electron chi connectivity index (χ4n) is 2.58. The Morgan fingerprint density at radius 2 is 2.05 bits per heavy atom. The lowest BCUT2D eigenvalue weighted by Crippen LogP contribution is -2.38. The van der Waals surface area contributed by atoms with Gasteiger partial charge in [0.25, 0.3) is 0 Å². The van der Waals surface area contributed by atoms with Gasteiger partial charge in [-0.1, -0.05) is 24.8 Å². The Morgan fingerprint density at radius 1 is 1.38 bits per heavy atom. The maximum absolute atomic E-state index is 12.4. The first-order valence-corrected chi connectivity index (χ1v) is 7.49. The Labute approximate surface area is 126 Å². The van der Waals surface area contributed by atoms with Crippen molar-refractivity contribution in [2.24, 2.45) is 5.92 Å². The minimum absolute atomic E-state index is 0.173. The molecule has 1 aliphatic heterocycles. The number of ether oxygens (including phenoxy) is 1. The quantitative estimate of drug-likeness (QED) is 0.816. The summed E-state index contributed by atoms with van der Waals surface area (Å²) < 4.78 is 5.45. The average Bonchev–Trinajstić information content (AvgIpc) is 2.54. The van der Waals surface area contributed by atoms with Crippen LogP contribution in [0.15, 0.2) is 36.9 Å². The summed E-state index contributed by atoms with van der Waals surface area (Å²) in [6.45, 7) is 6.66. The average molecular weight is 288 g/mol. The molecule has 0 atom stereocenters. The van der Waals surface area contributed by atoms with Crippen molar-refractivity contribution in [1.29, 1.82) is 0 Å². The normalized spacial score (nSPS) is 15.5. The molecule has 1 aliphatic rings. The van der Waals surface area contributed by atoms with Gasteiger partial charge in [0.05, 0.1) is 0 Å². The van der Waals surface area contributed by atoms with Crippen LogP contribution in [0.25, 0.3) is 0 Å². The second kappa shape index (κ2) is 7.84. The predicted molar refractivity (Wildman–Crippen MR) is 84.2 cm³/mol. The number of nitrogens with one attached hydrogen (secondary N) is 1. The van der Waals surface area contributed by atoms with Gasteiger partial charge in [0.1, 0.15) is 12.4 Å². The summed E-state index contributed by atoms with van der Waals surface area (Å²) in [6.07, 6.45) is 3.61. The van der Waals surface area contributed by atoms with E-state index in [9.17, 15) is 4.79 Å². The van der Waals surface area contributed by atoms with Gasteiger partial charge in [0.15, 0.2) is 0 Å². The molecule has 1 heterocycles. The third kappa shape index (κ3) is 4.60. The van der Waals surface area contributed by atoms with Gasteiger partial charge in [0, 0.05) is 19.5 Å². The van der Waals surface area contributed by atoms with Gasteiger partial charge < -0.3 is 15.0 Å². The molecule has 21 heavy (non-hydrogen) atoms. The maximum Gasteiger partial charge on any atom is 0.225 e. The number of benzene rings is 1. The third-order valence-electron chi connectivity index (χ3n) is 3.78. The number of hydrogen-bond donors (Lipinski definition) is 1. The molecular formula is C17H24N2O2. The lowest BCUT2D eigenvalue weighted by atomic mass is 9.96. The van der Waals surface area contributed by atoms with Crippen molar-refractivity contribution < 1.29 is 9.53 Å². The first-order valence-electron chi connectivity index (χ1n) is 7.49. The summed E-state index contributed by atoms with van der Waals surface area (Å²) in [4.78, 5) is 14.2. The number of hydrogen-bond acceptors (Lipinski definition) is 3. The number of carbonyl (C=O) groups excluding carboxylic acids is 1. The Balaban J connectivity index is 1.87. The standard InChI is InChI=1S/C17H24N2O2/c1-3-12-21-16-6-4-14(5-7-16)13-19(2)17(20)15-8-10-18-11-9-15/h3-7,15,18H,1,8-13H2,2H3. The fourth-order valence-corrected chi connectivity index (χ4v) is 2.58. The van der Waals surface area contributed by atoms with Crippen molar-refractivity contribution in [3.63, 3.8) is 0 Å². The highest BCUT2D eigenvalue weighted by molar-refractivity contribution is 5.78. The molecule has 0 bridgehead atoms. The Hall–Kier alpha value is -1.81. The monoisotopic (exact) mass is 288 g/mol. The van der Waals surface area contributed by atoms with Crippen LogP contribution in [0.1, 0.15) is 18.4 Å². The molecule has 114 valence electrons. The highest BCUT2D eigenvalue weighted by Crippen LogP contribution is 2.17. The molecule has 1 aromatic rings. The molecule has 1 saturated heterocycles. The zero-order chi connectivity index (χ0) is 15.1. The molecule has 1 amide bonds. The van der Waals surface area contributed by atoms with Gasteiger partial charge in [-0.05, 0) is 43.6 Å². The number of piperidine rings is 1. The van der Waals surface area contributed by atoms with E-state index in [1.54, 1.807) is 6.08 Å². The molecule has 4 heteroatoms. The minimum Gasteiger partial charge on any atom is -0.490 e. The van der Waals surface area contributed by atoms with Crippen LogP contribution in [-0.2, 0) is 11.3 Å². The number of carbonyl (C=O) groups is 1. The van der Waals surface area contributed by atoms with Crippen LogP contribution in [0, 0.1) is 5.92 Å². The number of amides is 1. The van der Waals surface area contributed by atoms with Crippen molar-refractivity contribution in [3.05, 3.63) is 42.5 Å². The van der Waals surface area contributed by atoms with E-state index in [4.69, 9.17) is 4.74 Å². The van der Waals surface area contributed by atoms with Crippen LogP contribution in [0.5, 0.6) is 5.75 Å². The van der Waals surface area contributed by atoms with Gasteiger partial charge in [-0.15, -0.1) is 0 Å². The maximum atomic E-state index is 12.4. The zero-order valence-electron chi connectivity index (χ0n) is 12.7. The van der Waals surface area contributed by atoms with Crippen LogP contribution in [0.2, 0.25) is 0 Å². The van der Waals surface area contributed by atoms with E-state index in [2.05, 4.69) is 11.9 Å². The van der Waals surface area contributed by atoms with Crippen molar-refractivity contribution in [3.8, 4) is 5.75 Å². The van der Waals surface area contributed by atoms with Crippen molar-refractivity contribution in [1.82, 2.24) is 10.2 Å². The van der Waals surface area contributed by atoms with Gasteiger partial charge in [-0.3, -0.25) is 4.79 Å². The second-order valence-electron chi connectivity index (χ2n) is 5.46. The molecule has 4 nitrogen and oxygen atoms in total. The smallest absolute Gasteiger partial charge is 0.225 e. The third-order valence-corrected chi connectivity index (χ3v) is 3.78. The predicted octanol–water partition coefficient (Wildman–Crippen LogP) is 2.21. The van der Waals surface area contributed by atoms with E-state index in [0.717, 1.165) is 37.2 Å². The van der Waals surface area contributed by atoms with Crippen LogP contribution >= 0.6 is 0 Å². The molecule has 0 spiro atoms. The van der Waals surface area contributed by atoms with E-state index >= 15 is 0 Å². The van der Waals surface area contributed by atoms with Crippen molar-refractivity contribution in [2.75, 3.05) is 26.7 Å². The van der Waals surface area contributed by atoms with E-state index in [0.29, 0.717) is 13.2 Å². The molecule has 0 radical (unpaired) electrons. The molecule has 0 aromatic heterocycles. The molecule has 1 fully saturated rings. The van der Waals surface area contributed by atoms with Crippen molar-refractivity contribution >= 4 is 5.91 Å². The first kappa shape index (κ1) is 15.6. The molecule has 1 N–H and O–H groups in total. The van der Waals surface area contributed by atoms with Crippen LogP contribution in [-0.4, -0.2) is 37.6 Å². The number of nitrogens with zero attached hydrogens (tertiary/aromatic N) is 1. The topological polar surface area (TPSA) is 41.6 Å². The Bertz CT molecular complexity index is 464. The van der Waals surface area contributed by atoms with Crippen LogP contribution in [0.3, 0.4) is 0 Å². The van der Waals surface area contributed by atoms with E-state index in [1.165, 1.54) is 0 Å². The summed E-state index contributed by atoms with van der Waals surface area (Å²) in [5, 5.41) is 3.29. The summed E-state index contributed by atoms with van der Waals surface area (Å²) in [7, 11) is 1.88. The van der Waals surface area contributed by atoms with Gasteiger partial charge in [-0.2, -0.15) is 0 Å². The highest BCUT2D eigenvalue weighted by Gasteiger charge is 2.23. The second-order valence-corrected chi connectivity index (χ2v) is 5.46. The first-order chi connectivity index (χ1) is 10.2.